The van der Waals surface area contributed by atoms with Crippen molar-refractivity contribution >= 4 is 29.0 Å². The molecule has 0 aliphatic heterocycles. The first kappa shape index (κ1) is 104. The number of alkyl carbamates (subject to hydrolysis) is 1. The third kappa shape index (κ3) is 60.1. The number of aliphatic hydroxyl groups excluding tert-OH is 1. The van der Waals surface area contributed by atoms with E-state index in [1.165, 1.54) is 29.9 Å². The predicted octanol–water partition coefficient (Wildman–Crippen LogP) is 20.0. The zero-order chi connectivity index (χ0) is 83.0. The molecule has 3 aromatic heterocycles. The molecule has 2 aromatic carbocycles. The minimum absolute atomic E-state index is 0.0139. The molecular weight excluding hydrogens is 1340 g/mol. The number of hydrogen-bond acceptors (Lipinski definition) is 12. The summed E-state index contributed by atoms with van der Waals surface area (Å²) in [6.45, 7) is 71.6. The van der Waals surface area contributed by atoms with E-state index in [1.807, 2.05) is 144 Å². The van der Waals surface area contributed by atoms with E-state index in [1.54, 1.807) is 66.7 Å². The fourth-order valence-corrected chi connectivity index (χ4v) is 7.89. The number of hydrogen-bond donors (Lipinski definition) is 7. The Hall–Kier alpha value is -6.08. The number of carbonyl (C=O) groups excluding carboxylic acids is 1. The van der Waals surface area contributed by atoms with E-state index < -0.39 is 46.4 Å². The van der Waals surface area contributed by atoms with Gasteiger partial charge in [0, 0.05) is 73.7 Å². The normalized spacial score (nSPS) is 13.6. The molecule has 3 atom stereocenters. The van der Waals surface area contributed by atoms with E-state index in [0.717, 1.165) is 21.4 Å². The van der Waals surface area contributed by atoms with Crippen molar-refractivity contribution in [2.24, 2.45) is 28.7 Å². The van der Waals surface area contributed by atoms with Gasteiger partial charge in [0.05, 0.1) is 25.2 Å². The summed E-state index contributed by atoms with van der Waals surface area (Å²) in [6, 6.07) is 24.5. The van der Waals surface area contributed by atoms with E-state index in [0.29, 0.717) is 5.41 Å². The van der Waals surface area contributed by atoms with Crippen LogP contribution in [0, 0.1) is 69.0 Å². The second-order valence-electron chi connectivity index (χ2n) is 37.9. The van der Waals surface area contributed by atoms with Gasteiger partial charge < -0.3 is 45.3 Å². The van der Waals surface area contributed by atoms with Crippen LogP contribution in [0.25, 0.3) is 0 Å². The Bertz CT molecular complexity index is 3360. The molecule has 0 aliphatic carbocycles. The molecular formula is C88H143ClFN5O8S. The van der Waals surface area contributed by atoms with E-state index in [9.17, 15) is 29.6 Å². The number of alkyl halides is 1. The molecule has 0 fully saturated rings. The summed E-state index contributed by atoms with van der Waals surface area (Å²) in [5.74, 6) is 22.1. The molecule has 104 heavy (non-hydrogen) atoms. The Morgan fingerprint density at radius 3 is 1.16 bits per heavy atom. The lowest BCUT2D eigenvalue weighted by molar-refractivity contribution is 0.0456. The smallest absolute Gasteiger partial charge is 0.407 e. The number of amides is 1. The molecule has 0 spiro atoms. The van der Waals surface area contributed by atoms with Gasteiger partial charge >= 0.3 is 6.09 Å². The maximum Gasteiger partial charge on any atom is 0.407 e. The first-order valence-electron chi connectivity index (χ1n) is 35.6. The summed E-state index contributed by atoms with van der Waals surface area (Å²) in [4.78, 5) is 25.3. The fourth-order valence-electron chi connectivity index (χ4n) is 6.50. The van der Waals surface area contributed by atoms with Gasteiger partial charge in [-0.05, 0) is 198 Å². The van der Waals surface area contributed by atoms with Crippen molar-refractivity contribution in [2.75, 3.05) is 19.8 Å². The van der Waals surface area contributed by atoms with Crippen molar-refractivity contribution in [3.63, 3.8) is 0 Å². The molecule has 588 valence electrons. The van der Waals surface area contributed by atoms with E-state index in [2.05, 4.69) is 220 Å². The number of thiazole rings is 1. The first-order chi connectivity index (χ1) is 46.0. The monoisotopic (exact) mass is 1480 g/mol. The van der Waals surface area contributed by atoms with Gasteiger partial charge in [0.1, 0.15) is 39.7 Å². The minimum Gasteiger partial charge on any atom is -0.444 e. The highest BCUT2D eigenvalue weighted by Crippen LogP contribution is 2.33. The molecule has 7 N–H and O–H groups in total. The van der Waals surface area contributed by atoms with Crippen LogP contribution in [-0.2, 0) is 44.5 Å². The highest BCUT2D eigenvalue weighted by Gasteiger charge is 2.26. The summed E-state index contributed by atoms with van der Waals surface area (Å²) in [5.41, 5.74) is -0.877. The van der Waals surface area contributed by atoms with Crippen molar-refractivity contribution < 1.29 is 44.6 Å². The molecule has 5 rings (SSSR count). The molecule has 0 saturated carbocycles. The maximum absolute atomic E-state index is 12.0. The Morgan fingerprint density at radius 2 is 0.904 bits per heavy atom. The topological polar surface area (TPSA) is 203 Å². The third-order valence-electron chi connectivity index (χ3n) is 12.4. The van der Waals surface area contributed by atoms with Gasteiger partial charge in [0.25, 0.3) is 0 Å². The lowest BCUT2D eigenvalue weighted by Gasteiger charge is -2.22. The van der Waals surface area contributed by atoms with Crippen LogP contribution in [0.15, 0.2) is 97.7 Å². The van der Waals surface area contributed by atoms with Gasteiger partial charge in [0.2, 0.25) is 0 Å². The minimum atomic E-state index is -1.48. The van der Waals surface area contributed by atoms with Crippen LogP contribution in [0.3, 0.4) is 0 Å². The predicted molar refractivity (Wildman–Crippen MR) is 441 cm³/mol. The zero-order valence-corrected chi connectivity index (χ0v) is 73.4. The number of nitrogens with one attached hydrogen (secondary N) is 1. The van der Waals surface area contributed by atoms with Gasteiger partial charge in [-0.3, -0.25) is 4.98 Å². The van der Waals surface area contributed by atoms with Gasteiger partial charge in [-0.2, -0.15) is 0 Å². The number of ether oxygens (including phenoxy) is 1. The largest absolute Gasteiger partial charge is 0.444 e. The number of aromatic nitrogens is 4. The number of carbonyl (C=O) groups is 1. The van der Waals surface area contributed by atoms with Gasteiger partial charge in [-0.15, -0.1) is 11.3 Å². The van der Waals surface area contributed by atoms with Crippen molar-refractivity contribution in [3.05, 3.63) is 135 Å². The number of imidazole rings is 1. The number of aryl methyl sites for hydroxylation is 1. The summed E-state index contributed by atoms with van der Waals surface area (Å²) in [6.07, 6.45) is 7.03. The highest BCUT2D eigenvalue weighted by atomic mass is 35.5. The number of aliphatic hydroxyl groups is 6. The number of nitrogens with zero attached hydrogens (tertiary/aromatic N) is 4. The van der Waals surface area contributed by atoms with Crippen molar-refractivity contribution in [1.82, 2.24) is 24.8 Å². The summed E-state index contributed by atoms with van der Waals surface area (Å²) in [7, 11) is 1.99. The van der Waals surface area contributed by atoms with Crippen LogP contribution in [0.1, 0.15) is 289 Å². The SMILES string of the molecule is CC(C)(C)C#CC(C)(C)O.CC(C)(C)C#CC(C)(O)CF.CC(C)(C)C#CC(C)(O)CNC(=O)OC(C)(C)C.CC(C)(C)C#CC(C)(O)CO.CC(C)(C)c1ccccc1.CC(C)(C)c1ccccc1Cl.CC(C)(C)c1ccccn1.CC(C)(C)c1cnc(C(C)(C)O)s1.Cn1cnc(C(C)(C)C)c1. The Morgan fingerprint density at radius 1 is 0.490 bits per heavy atom. The van der Waals surface area contributed by atoms with Crippen LogP contribution in [0.4, 0.5) is 9.18 Å². The number of rotatable bonds is 5. The average molecular weight is 1490 g/mol. The van der Waals surface area contributed by atoms with Crippen molar-refractivity contribution in [3.8, 4) is 47.4 Å². The van der Waals surface area contributed by atoms with Gasteiger partial charge in [-0.25, -0.2) is 19.2 Å². The van der Waals surface area contributed by atoms with Crippen LogP contribution in [-0.4, -0.2) is 104 Å². The molecule has 5 aromatic rings. The van der Waals surface area contributed by atoms with Crippen LogP contribution >= 0.6 is 22.9 Å². The van der Waals surface area contributed by atoms with Gasteiger partial charge in [0.15, 0.2) is 5.60 Å². The zero-order valence-electron chi connectivity index (χ0n) is 71.8. The Labute approximate surface area is 642 Å². The Kier molecular flexibility index (Phi) is 43.2. The van der Waals surface area contributed by atoms with Crippen molar-refractivity contribution in [2.45, 2.75) is 317 Å². The molecule has 13 nitrogen and oxygen atoms in total. The fraction of sp³-hybridized carbons (Fsp3) is 0.636. The number of pyridine rings is 1. The molecule has 0 radical (unpaired) electrons. The van der Waals surface area contributed by atoms with Crippen LogP contribution in [0.5, 0.6) is 0 Å². The van der Waals surface area contributed by atoms with Gasteiger partial charge in [-0.1, -0.05) is 217 Å². The molecule has 0 saturated heterocycles. The van der Waals surface area contributed by atoms with E-state index in [-0.39, 0.29) is 56.5 Å². The second-order valence-corrected chi connectivity index (χ2v) is 39.3. The van der Waals surface area contributed by atoms with Crippen molar-refractivity contribution in [1.29, 1.82) is 0 Å². The quantitative estimate of drug-likeness (QED) is 0.0825. The lowest BCUT2D eigenvalue weighted by Crippen LogP contribution is -2.42. The first-order valence-corrected chi connectivity index (χ1v) is 36.8. The highest BCUT2D eigenvalue weighted by molar-refractivity contribution is 7.11. The lowest BCUT2D eigenvalue weighted by atomic mass is 9.87. The average Bonchev–Trinajstić information content (AvgIpc) is 1.62. The summed E-state index contributed by atoms with van der Waals surface area (Å²) >= 11 is 7.59. The molecule has 1 amide bonds. The summed E-state index contributed by atoms with van der Waals surface area (Å²) < 4.78 is 19.0. The van der Waals surface area contributed by atoms with E-state index in [4.69, 9.17) is 26.6 Å². The molecule has 0 aliphatic rings. The standard InChI is InChI=1S/C14H25NO3.C10H13Cl.C10H17NOS.C10H14.C9H15FO.C9H13N.C9H16O2.C9H16O.C8H14N2/c1-12(2,3)8-9-14(7,17)10-15-11(16)18-13(4,5)6;1-10(2,3)8-6-4-5-7-9(8)11;1-9(2,3)7-6-11-8(13-7)10(4,5)12;1-10(2,3)9-7-5-4-6-8-9;1-8(2,3)5-6-9(4,11)7-10;1-9(2,3)8-6-4-5-7-10-8;1-8(2,3)5-6-9(4,11)7-10;1-8(2,3)6-7-9(4,5)10;1-8(2,3)7-5-10(4)6-9-7/h17H,10H2,1-7H3,(H,15,16);4-7H,1-3H3;6,12H,1-5H3;4-8H,1-3H3;11H,7H2,1-4H3;4-7H,1-3H3;10-11H,7H2,1-4H3;10H,1-5H3;5-6H,1-4H3. The Balaban J connectivity index is -0.000000544. The maximum atomic E-state index is 12.0. The second kappa shape index (κ2) is 43.1. The van der Waals surface area contributed by atoms with E-state index >= 15 is 0 Å². The van der Waals surface area contributed by atoms with Crippen LogP contribution < -0.4 is 5.32 Å². The summed E-state index contributed by atoms with van der Waals surface area (Å²) in [5, 5.41) is 60.1. The molecule has 3 unspecified atom stereocenters. The molecule has 16 heteroatoms. The number of benzene rings is 2. The van der Waals surface area contributed by atoms with Crippen LogP contribution in [0.2, 0.25) is 5.02 Å². The third-order valence-corrected chi connectivity index (χ3v) is 14.5. The number of halogens is 2. The molecule has 0 bridgehead atoms. The molecule has 3 heterocycles.